The van der Waals surface area contributed by atoms with Crippen LogP contribution in [0, 0.1) is 6.07 Å². The molecule has 0 unspecified atom stereocenters. The van der Waals surface area contributed by atoms with E-state index in [2.05, 4.69) is 36.8 Å². The molecule has 0 fully saturated rings. The van der Waals surface area contributed by atoms with Gasteiger partial charge in [0.2, 0.25) is 0 Å². The van der Waals surface area contributed by atoms with Crippen LogP contribution in [-0.2, 0) is 32.7 Å². The zero-order valence-electron chi connectivity index (χ0n) is 12.2. The Hall–Kier alpha value is -0.596. The SMILES string of the molecule is C\C=C/C(=N/C=C/CC)c1c[c-]c(C(C)C)cn1.[Y]. The molecule has 0 spiro atoms. The fraction of sp³-hybridized carbons (Fsp3) is 0.375. The Bertz CT molecular complexity index is 442. The third-order valence-corrected chi connectivity index (χ3v) is 2.48. The molecule has 0 bridgehead atoms. The Morgan fingerprint density at radius 1 is 1.47 bits per heavy atom. The molecule has 0 amide bonds. The van der Waals surface area contributed by atoms with E-state index in [1.54, 1.807) is 0 Å². The van der Waals surface area contributed by atoms with Gasteiger partial charge in [-0.25, -0.2) is 0 Å². The van der Waals surface area contributed by atoms with E-state index in [9.17, 15) is 0 Å². The van der Waals surface area contributed by atoms with Crippen LogP contribution in [0.25, 0.3) is 0 Å². The van der Waals surface area contributed by atoms with Gasteiger partial charge in [0, 0.05) is 44.6 Å². The minimum atomic E-state index is 0. The molecule has 1 rings (SSSR count). The second kappa shape index (κ2) is 10.2. The molecule has 19 heavy (non-hydrogen) atoms. The summed E-state index contributed by atoms with van der Waals surface area (Å²) in [6.07, 6.45) is 10.6. The van der Waals surface area contributed by atoms with Gasteiger partial charge in [0.1, 0.15) is 0 Å². The minimum Gasteiger partial charge on any atom is -0.381 e. The molecule has 1 radical (unpaired) electrons. The molecule has 99 valence electrons. The van der Waals surface area contributed by atoms with Crippen LogP contribution in [0.15, 0.2) is 41.7 Å². The smallest absolute Gasteiger partial charge is 0.0324 e. The van der Waals surface area contributed by atoms with Gasteiger partial charge < -0.3 is 4.98 Å². The van der Waals surface area contributed by atoms with Gasteiger partial charge in [0.15, 0.2) is 0 Å². The summed E-state index contributed by atoms with van der Waals surface area (Å²) in [5.74, 6) is 0.452. The van der Waals surface area contributed by atoms with Crippen LogP contribution < -0.4 is 0 Å². The number of pyridine rings is 1. The Labute approximate surface area is 142 Å². The van der Waals surface area contributed by atoms with Crippen LogP contribution in [0.4, 0.5) is 0 Å². The number of rotatable bonds is 5. The molecular formula is C16H21N2Y-. The quantitative estimate of drug-likeness (QED) is 0.584. The maximum atomic E-state index is 4.45. The van der Waals surface area contributed by atoms with Crippen molar-refractivity contribution in [3.05, 3.63) is 54.0 Å². The molecule has 0 aliphatic heterocycles. The first-order valence-corrected chi connectivity index (χ1v) is 6.42. The Kier molecular flexibility index (Phi) is 9.90. The molecule has 0 saturated carbocycles. The van der Waals surface area contributed by atoms with Crippen LogP contribution in [0.2, 0.25) is 0 Å². The van der Waals surface area contributed by atoms with Crippen molar-refractivity contribution in [2.75, 3.05) is 0 Å². The first-order chi connectivity index (χ1) is 8.69. The van der Waals surface area contributed by atoms with Gasteiger partial charge in [-0.05, 0) is 25.0 Å². The molecule has 1 aromatic rings. The molecule has 0 N–H and O–H groups in total. The average molecular weight is 330 g/mol. The summed E-state index contributed by atoms with van der Waals surface area (Å²) in [7, 11) is 0. The fourth-order valence-electron chi connectivity index (χ4n) is 1.41. The number of nitrogens with zero attached hydrogens (tertiary/aromatic N) is 2. The van der Waals surface area contributed by atoms with Gasteiger partial charge in [0.05, 0.1) is 0 Å². The van der Waals surface area contributed by atoms with Crippen molar-refractivity contribution in [1.82, 2.24) is 4.98 Å². The first kappa shape index (κ1) is 18.4. The molecule has 0 saturated heterocycles. The van der Waals surface area contributed by atoms with Crippen LogP contribution in [-0.4, -0.2) is 10.7 Å². The molecule has 0 atom stereocenters. The van der Waals surface area contributed by atoms with E-state index in [1.807, 2.05) is 43.6 Å². The van der Waals surface area contributed by atoms with Gasteiger partial charge >= 0.3 is 0 Å². The zero-order chi connectivity index (χ0) is 13.4. The van der Waals surface area contributed by atoms with Crippen molar-refractivity contribution in [3.63, 3.8) is 0 Å². The summed E-state index contributed by atoms with van der Waals surface area (Å²) in [5, 5.41) is 0. The Morgan fingerprint density at radius 2 is 2.21 bits per heavy atom. The average Bonchev–Trinajstić information content (AvgIpc) is 2.38. The predicted octanol–water partition coefficient (Wildman–Crippen LogP) is 4.29. The van der Waals surface area contributed by atoms with E-state index >= 15 is 0 Å². The predicted molar refractivity (Wildman–Crippen MR) is 77.9 cm³/mol. The van der Waals surface area contributed by atoms with Gasteiger partial charge in [0.25, 0.3) is 0 Å². The summed E-state index contributed by atoms with van der Waals surface area (Å²) in [6, 6.07) is 5.18. The summed E-state index contributed by atoms with van der Waals surface area (Å²) < 4.78 is 0. The van der Waals surface area contributed by atoms with Crippen molar-refractivity contribution in [3.8, 4) is 0 Å². The third-order valence-electron chi connectivity index (χ3n) is 2.48. The monoisotopic (exact) mass is 330 g/mol. The summed E-state index contributed by atoms with van der Waals surface area (Å²) in [5.41, 5.74) is 2.86. The van der Waals surface area contributed by atoms with Gasteiger partial charge in [-0.15, -0.1) is 11.6 Å². The second-order valence-electron chi connectivity index (χ2n) is 4.35. The zero-order valence-corrected chi connectivity index (χ0v) is 15.1. The number of hydrogen-bond acceptors (Lipinski definition) is 2. The third kappa shape index (κ3) is 6.40. The van der Waals surface area contributed by atoms with Crippen molar-refractivity contribution in [1.29, 1.82) is 0 Å². The minimum absolute atomic E-state index is 0. The van der Waals surface area contributed by atoms with Crippen molar-refractivity contribution in [2.45, 2.75) is 40.0 Å². The molecule has 3 heteroatoms. The molecule has 2 nitrogen and oxygen atoms in total. The number of allylic oxidation sites excluding steroid dienone is 3. The summed E-state index contributed by atoms with van der Waals surface area (Å²) >= 11 is 0. The largest absolute Gasteiger partial charge is 0.381 e. The van der Waals surface area contributed by atoms with Crippen molar-refractivity contribution in [2.24, 2.45) is 4.99 Å². The second-order valence-corrected chi connectivity index (χ2v) is 4.35. The standard InChI is InChI=1S/C16H21N2.Y/c1-5-7-11-17-15(8-6-2)16-10-9-14(12-18-16)13(3)4;/h6-8,10-13H,5H2,1-4H3;/q-1;/b8-6-,11-7+,17-15-;. The van der Waals surface area contributed by atoms with E-state index < -0.39 is 0 Å². The number of aliphatic imine (C=N–C) groups is 1. The van der Waals surface area contributed by atoms with E-state index in [-0.39, 0.29) is 32.7 Å². The van der Waals surface area contributed by atoms with Crippen LogP contribution in [0.1, 0.15) is 51.3 Å². The fourth-order valence-corrected chi connectivity index (χ4v) is 1.41. The molecule has 1 heterocycles. The van der Waals surface area contributed by atoms with Crippen molar-refractivity contribution < 1.29 is 32.7 Å². The van der Waals surface area contributed by atoms with E-state index in [1.165, 1.54) is 0 Å². The van der Waals surface area contributed by atoms with Crippen LogP contribution >= 0.6 is 0 Å². The molecule has 0 aromatic carbocycles. The van der Waals surface area contributed by atoms with Crippen LogP contribution in [0.3, 0.4) is 0 Å². The van der Waals surface area contributed by atoms with Crippen molar-refractivity contribution >= 4 is 5.71 Å². The van der Waals surface area contributed by atoms with E-state index in [0.29, 0.717) is 5.92 Å². The van der Waals surface area contributed by atoms with E-state index in [4.69, 9.17) is 0 Å². The van der Waals surface area contributed by atoms with Crippen LogP contribution in [0.5, 0.6) is 0 Å². The Balaban J connectivity index is 0.00000324. The normalized spacial score (nSPS) is 12.4. The Morgan fingerprint density at radius 3 is 2.68 bits per heavy atom. The first-order valence-electron chi connectivity index (χ1n) is 6.42. The molecule has 0 aliphatic carbocycles. The molecular weight excluding hydrogens is 309 g/mol. The summed E-state index contributed by atoms with van der Waals surface area (Å²) in [6.45, 7) is 8.34. The number of hydrogen-bond donors (Lipinski definition) is 0. The maximum Gasteiger partial charge on any atom is 0.0324 e. The van der Waals surface area contributed by atoms with Gasteiger partial charge in [-0.3, -0.25) is 4.99 Å². The maximum absolute atomic E-state index is 4.45. The molecule has 1 aromatic heterocycles. The molecule has 0 aliphatic rings. The van der Waals surface area contributed by atoms with Gasteiger partial charge in [-0.2, -0.15) is 6.07 Å². The van der Waals surface area contributed by atoms with Gasteiger partial charge in [-0.1, -0.05) is 45.2 Å². The topological polar surface area (TPSA) is 25.2 Å². The summed E-state index contributed by atoms with van der Waals surface area (Å²) in [4.78, 5) is 8.87. The van der Waals surface area contributed by atoms with E-state index in [0.717, 1.165) is 23.4 Å². The number of aromatic nitrogens is 1.